The molecule has 0 bridgehead atoms. The van der Waals surface area contributed by atoms with Gasteiger partial charge in [0, 0.05) is 36.1 Å². The maximum absolute atomic E-state index is 13.4. The molecule has 41 heavy (non-hydrogen) atoms. The summed E-state index contributed by atoms with van der Waals surface area (Å²) in [6, 6.07) is 17.3. The van der Waals surface area contributed by atoms with Gasteiger partial charge in [0.2, 0.25) is 5.91 Å². The number of aliphatic hydroxyl groups is 1. The Kier molecular flexibility index (Phi) is 10.4. The van der Waals surface area contributed by atoms with E-state index < -0.39 is 10.0 Å². The molecule has 0 spiro atoms. The van der Waals surface area contributed by atoms with Crippen LogP contribution in [0.3, 0.4) is 0 Å². The highest BCUT2D eigenvalue weighted by atomic mass is 32.2. The maximum atomic E-state index is 13.4. The number of nitrogens with one attached hydrogen (secondary N) is 3. The lowest BCUT2D eigenvalue weighted by Gasteiger charge is -2.18. The standard InChI is InChI=1S/C27H30N6O6S.CH4/c1-3-33(11-12-34)17-25(36)28-18-7-6-8-22(15-18)40(37,38)32-27-26(30-23-9-4-5-10-24(23)31-27)29-19-13-20(35)16-21(14-19)39-2;/h4-10,13-16,34-35H,3,11-12,17H2,1-2H3,(H,28,36)(H,29,30)(H,31,32);1H4. The molecule has 3 aromatic carbocycles. The molecule has 0 aliphatic carbocycles. The molecule has 12 nitrogen and oxygen atoms in total. The van der Waals surface area contributed by atoms with Gasteiger partial charge in [0.1, 0.15) is 11.5 Å². The van der Waals surface area contributed by atoms with Crippen molar-refractivity contribution in [1.82, 2.24) is 14.9 Å². The van der Waals surface area contributed by atoms with Crippen molar-refractivity contribution >= 4 is 50.0 Å². The molecule has 0 aliphatic rings. The largest absolute Gasteiger partial charge is 0.508 e. The predicted molar refractivity (Wildman–Crippen MR) is 159 cm³/mol. The number of fused-ring (bicyclic) bond motifs is 1. The lowest BCUT2D eigenvalue weighted by atomic mass is 10.2. The smallest absolute Gasteiger partial charge is 0.263 e. The van der Waals surface area contributed by atoms with Crippen LogP contribution in [0.5, 0.6) is 11.5 Å². The number of aliphatic hydroxyl groups excluding tert-OH is 1. The molecular formula is C28H34N6O6S. The zero-order chi connectivity index (χ0) is 28.7. The summed E-state index contributed by atoms with van der Waals surface area (Å²) in [7, 11) is -2.72. The number of hydrogen-bond donors (Lipinski definition) is 5. The average molecular weight is 583 g/mol. The van der Waals surface area contributed by atoms with Crippen LogP contribution in [0, 0.1) is 0 Å². The topological polar surface area (TPSA) is 166 Å². The molecule has 218 valence electrons. The Bertz CT molecular complexity index is 1620. The number of hydrogen-bond acceptors (Lipinski definition) is 10. The molecule has 0 saturated heterocycles. The van der Waals surface area contributed by atoms with E-state index in [9.17, 15) is 18.3 Å². The first-order valence-electron chi connectivity index (χ1n) is 12.4. The van der Waals surface area contributed by atoms with Crippen LogP contribution in [-0.2, 0) is 14.8 Å². The third-order valence-electron chi connectivity index (χ3n) is 5.85. The minimum atomic E-state index is -4.17. The number of anilines is 4. The third kappa shape index (κ3) is 8.03. The number of methoxy groups -OCH3 is 1. The van der Waals surface area contributed by atoms with Crippen molar-refractivity contribution in [2.45, 2.75) is 19.2 Å². The molecule has 0 atom stereocenters. The van der Waals surface area contributed by atoms with Gasteiger partial charge in [-0.25, -0.2) is 18.4 Å². The number of carbonyl (C=O) groups excluding carboxylic acids is 1. The van der Waals surface area contributed by atoms with Crippen molar-refractivity contribution in [2.24, 2.45) is 0 Å². The van der Waals surface area contributed by atoms with Crippen molar-refractivity contribution in [3.63, 3.8) is 0 Å². The van der Waals surface area contributed by atoms with Gasteiger partial charge in [-0.05, 0) is 36.9 Å². The lowest BCUT2D eigenvalue weighted by molar-refractivity contribution is -0.117. The summed E-state index contributed by atoms with van der Waals surface area (Å²) in [5.74, 6) is 0.0119. The molecule has 5 N–H and O–H groups in total. The van der Waals surface area contributed by atoms with Gasteiger partial charge >= 0.3 is 0 Å². The van der Waals surface area contributed by atoms with E-state index in [0.29, 0.717) is 41.2 Å². The van der Waals surface area contributed by atoms with Crippen molar-refractivity contribution in [3.8, 4) is 11.5 Å². The number of amides is 1. The molecule has 0 unspecified atom stereocenters. The molecule has 13 heteroatoms. The summed E-state index contributed by atoms with van der Waals surface area (Å²) in [5.41, 5.74) is 1.67. The number of ether oxygens (including phenoxy) is 1. The second kappa shape index (κ2) is 13.7. The van der Waals surface area contributed by atoms with E-state index in [1.54, 1.807) is 41.3 Å². The zero-order valence-electron chi connectivity index (χ0n) is 22.0. The van der Waals surface area contributed by atoms with Crippen LogP contribution in [0.25, 0.3) is 11.0 Å². The number of likely N-dealkylation sites (N-methyl/N-ethyl adjacent to an activating group) is 1. The van der Waals surface area contributed by atoms with Gasteiger partial charge in [0.15, 0.2) is 11.6 Å². The average Bonchev–Trinajstić information content (AvgIpc) is 2.92. The minimum Gasteiger partial charge on any atom is -0.508 e. The van der Waals surface area contributed by atoms with Crippen LogP contribution < -0.4 is 20.1 Å². The minimum absolute atomic E-state index is 0. The van der Waals surface area contributed by atoms with Crippen LogP contribution in [-0.4, -0.2) is 72.8 Å². The van der Waals surface area contributed by atoms with Gasteiger partial charge in [0.05, 0.1) is 36.2 Å². The number of para-hydroxylation sites is 2. The Balaban J connectivity index is 0.00000462. The fourth-order valence-corrected chi connectivity index (χ4v) is 4.94. The van der Waals surface area contributed by atoms with Crippen LogP contribution in [0.2, 0.25) is 0 Å². The number of aromatic nitrogens is 2. The molecule has 0 fully saturated rings. The van der Waals surface area contributed by atoms with E-state index in [1.165, 1.54) is 37.4 Å². The van der Waals surface area contributed by atoms with Crippen molar-refractivity contribution in [1.29, 1.82) is 0 Å². The molecule has 1 aromatic heterocycles. The Morgan fingerprint density at radius 2 is 1.68 bits per heavy atom. The summed E-state index contributed by atoms with van der Waals surface area (Å²) in [6.45, 7) is 2.77. The summed E-state index contributed by atoms with van der Waals surface area (Å²) in [6.07, 6.45) is 0. The second-order valence-corrected chi connectivity index (χ2v) is 10.4. The molecule has 0 saturated carbocycles. The SMILES string of the molecule is C.CCN(CCO)CC(=O)Nc1cccc(S(=O)(=O)Nc2nc3ccccc3nc2Nc2cc(O)cc(OC)c2)c1. The molecule has 4 rings (SSSR count). The first-order valence-corrected chi connectivity index (χ1v) is 13.9. The number of sulfonamides is 1. The van der Waals surface area contributed by atoms with E-state index in [2.05, 4.69) is 25.3 Å². The van der Waals surface area contributed by atoms with Gasteiger partial charge < -0.3 is 25.6 Å². The van der Waals surface area contributed by atoms with Gasteiger partial charge in [0.25, 0.3) is 10.0 Å². The normalized spacial score (nSPS) is 11.1. The number of nitrogens with zero attached hydrogens (tertiary/aromatic N) is 3. The van der Waals surface area contributed by atoms with Crippen LogP contribution in [0.1, 0.15) is 14.4 Å². The van der Waals surface area contributed by atoms with Crippen molar-refractivity contribution < 1.29 is 28.2 Å². The number of benzene rings is 3. The Hall–Kier alpha value is -4.46. The number of phenolic OH excluding ortho intramolecular Hbond substituents is 1. The van der Waals surface area contributed by atoms with Crippen molar-refractivity contribution in [2.75, 3.05) is 48.7 Å². The summed E-state index contributed by atoms with van der Waals surface area (Å²) < 4.78 is 34.5. The quantitative estimate of drug-likeness (QED) is 0.166. The molecule has 0 radical (unpaired) electrons. The number of rotatable bonds is 12. The monoisotopic (exact) mass is 582 g/mol. The van der Waals surface area contributed by atoms with Crippen molar-refractivity contribution in [3.05, 3.63) is 66.7 Å². The number of carbonyl (C=O) groups is 1. The third-order valence-corrected chi connectivity index (χ3v) is 7.19. The Morgan fingerprint density at radius 3 is 2.34 bits per heavy atom. The molecule has 1 amide bonds. The molecule has 4 aromatic rings. The molecular weight excluding hydrogens is 548 g/mol. The zero-order valence-corrected chi connectivity index (χ0v) is 22.8. The van der Waals surface area contributed by atoms with Crippen LogP contribution in [0.4, 0.5) is 23.0 Å². The second-order valence-electron chi connectivity index (χ2n) is 8.73. The highest BCUT2D eigenvalue weighted by Crippen LogP contribution is 2.31. The number of phenols is 1. The number of aromatic hydroxyl groups is 1. The summed E-state index contributed by atoms with van der Waals surface area (Å²) in [4.78, 5) is 23.1. The first-order chi connectivity index (χ1) is 19.2. The summed E-state index contributed by atoms with van der Waals surface area (Å²) in [5, 5.41) is 24.9. The van der Waals surface area contributed by atoms with Gasteiger partial charge in [-0.15, -0.1) is 0 Å². The lowest BCUT2D eigenvalue weighted by Crippen LogP contribution is -2.35. The van der Waals surface area contributed by atoms with Gasteiger partial charge in [-0.1, -0.05) is 32.5 Å². The van der Waals surface area contributed by atoms with Crippen LogP contribution >= 0.6 is 0 Å². The van der Waals surface area contributed by atoms with Gasteiger partial charge in [-0.3, -0.25) is 14.4 Å². The predicted octanol–water partition coefficient (Wildman–Crippen LogP) is 3.78. The Morgan fingerprint density at radius 1 is 0.976 bits per heavy atom. The van der Waals surface area contributed by atoms with E-state index >= 15 is 0 Å². The summed E-state index contributed by atoms with van der Waals surface area (Å²) >= 11 is 0. The molecule has 1 heterocycles. The fraction of sp³-hybridized carbons (Fsp3) is 0.250. The maximum Gasteiger partial charge on any atom is 0.263 e. The Labute approximate surface area is 239 Å². The molecule has 0 aliphatic heterocycles. The van der Waals surface area contributed by atoms with E-state index in [1.807, 2.05) is 6.92 Å². The van der Waals surface area contributed by atoms with E-state index in [4.69, 9.17) is 9.84 Å². The van der Waals surface area contributed by atoms with Crippen LogP contribution in [0.15, 0.2) is 71.6 Å². The van der Waals surface area contributed by atoms with Gasteiger partial charge in [-0.2, -0.15) is 0 Å². The van der Waals surface area contributed by atoms with E-state index in [0.717, 1.165) is 0 Å². The highest BCUT2D eigenvalue weighted by Gasteiger charge is 2.20. The fourth-order valence-electron chi connectivity index (χ4n) is 3.89. The highest BCUT2D eigenvalue weighted by molar-refractivity contribution is 7.92. The first kappa shape index (κ1) is 31.1. The van der Waals surface area contributed by atoms with E-state index in [-0.39, 0.29) is 48.8 Å².